The summed E-state index contributed by atoms with van der Waals surface area (Å²) in [6, 6.07) is 17.2. The summed E-state index contributed by atoms with van der Waals surface area (Å²) in [4.78, 5) is 21.7. The molecule has 1 atom stereocenters. The number of carbonyl (C=O) groups excluding carboxylic acids is 1. The van der Waals surface area contributed by atoms with Gasteiger partial charge in [0.1, 0.15) is 5.75 Å². The highest BCUT2D eigenvalue weighted by Crippen LogP contribution is 2.38. The lowest BCUT2D eigenvalue weighted by atomic mass is 10.0. The molecule has 0 radical (unpaired) electrons. The van der Waals surface area contributed by atoms with Crippen LogP contribution in [0.15, 0.2) is 54.6 Å². The van der Waals surface area contributed by atoms with Gasteiger partial charge in [-0.15, -0.1) is 11.3 Å². The molecule has 0 N–H and O–H groups in total. The lowest BCUT2D eigenvalue weighted by Gasteiger charge is -2.26. The average molecular weight is 423 g/mol. The summed E-state index contributed by atoms with van der Waals surface area (Å²) in [6.45, 7) is 2.44. The minimum Gasteiger partial charge on any atom is -0.493 e. The van der Waals surface area contributed by atoms with Crippen molar-refractivity contribution in [1.82, 2.24) is 4.98 Å². The number of benzene rings is 2. The van der Waals surface area contributed by atoms with Crippen molar-refractivity contribution < 1.29 is 14.3 Å². The third kappa shape index (κ3) is 4.11. The minimum atomic E-state index is -0.797. The third-order valence-corrected chi connectivity index (χ3v) is 6.36. The van der Waals surface area contributed by atoms with Gasteiger partial charge in [0.05, 0.1) is 18.0 Å². The first-order valence-corrected chi connectivity index (χ1v) is 11.2. The molecule has 3 aromatic rings. The first-order valence-electron chi connectivity index (χ1n) is 10.3. The molecular formula is C24H26N2O3S. The molecule has 1 amide bonds. The van der Waals surface area contributed by atoms with Crippen molar-refractivity contribution in [3.8, 4) is 5.75 Å². The van der Waals surface area contributed by atoms with Gasteiger partial charge in [-0.25, -0.2) is 4.98 Å². The van der Waals surface area contributed by atoms with E-state index in [1.165, 1.54) is 11.3 Å². The van der Waals surface area contributed by atoms with E-state index in [-0.39, 0.29) is 5.91 Å². The van der Waals surface area contributed by atoms with Crippen LogP contribution in [0.2, 0.25) is 0 Å². The van der Waals surface area contributed by atoms with Crippen molar-refractivity contribution in [1.29, 1.82) is 0 Å². The molecule has 1 aromatic heterocycles. The van der Waals surface area contributed by atoms with E-state index in [1.807, 2.05) is 61.5 Å². The number of para-hydroxylation sites is 2. The number of ether oxygens (including phenoxy) is 2. The molecule has 0 bridgehead atoms. The highest BCUT2D eigenvalue weighted by atomic mass is 32.1. The third-order valence-electron chi connectivity index (χ3n) is 5.22. The Morgan fingerprint density at radius 1 is 1.10 bits per heavy atom. The number of fused-ring (bicyclic) bond motifs is 1. The summed E-state index contributed by atoms with van der Waals surface area (Å²) in [5.41, 5.74) is 2.62. The van der Waals surface area contributed by atoms with Crippen molar-refractivity contribution in [2.45, 2.75) is 38.7 Å². The van der Waals surface area contributed by atoms with Crippen LogP contribution in [0.25, 0.3) is 0 Å². The minimum absolute atomic E-state index is 0.179. The molecule has 4 rings (SSSR count). The molecule has 0 saturated heterocycles. The Labute approximate surface area is 181 Å². The van der Waals surface area contributed by atoms with Gasteiger partial charge in [-0.2, -0.15) is 0 Å². The predicted octanol–water partition coefficient (Wildman–Crippen LogP) is 5.47. The van der Waals surface area contributed by atoms with Crippen LogP contribution in [0.3, 0.4) is 0 Å². The lowest BCUT2D eigenvalue weighted by molar-refractivity contribution is -0.128. The van der Waals surface area contributed by atoms with Crippen molar-refractivity contribution >= 4 is 28.1 Å². The molecule has 0 aliphatic heterocycles. The van der Waals surface area contributed by atoms with Crippen molar-refractivity contribution in [2.24, 2.45) is 0 Å². The number of carbonyl (C=O) groups is 1. The fraction of sp³-hybridized carbons (Fsp3) is 0.333. The Morgan fingerprint density at radius 2 is 1.83 bits per heavy atom. The Hall–Kier alpha value is -2.70. The Kier molecular flexibility index (Phi) is 6.45. The van der Waals surface area contributed by atoms with Gasteiger partial charge in [-0.1, -0.05) is 36.4 Å². The second-order valence-electron chi connectivity index (χ2n) is 7.17. The van der Waals surface area contributed by atoms with Gasteiger partial charge in [-0.05, 0) is 50.8 Å². The number of amides is 1. The molecule has 0 spiro atoms. The average Bonchev–Trinajstić information content (AvgIpc) is 3.20. The molecule has 0 fully saturated rings. The van der Waals surface area contributed by atoms with E-state index >= 15 is 0 Å². The van der Waals surface area contributed by atoms with E-state index in [4.69, 9.17) is 14.5 Å². The molecule has 156 valence electrons. The molecule has 1 heterocycles. The fourth-order valence-corrected chi connectivity index (χ4v) is 4.98. The van der Waals surface area contributed by atoms with E-state index in [0.29, 0.717) is 23.1 Å². The number of aromatic nitrogens is 1. The largest absolute Gasteiger partial charge is 0.493 e. The Bertz CT molecular complexity index is 979. The SMILES string of the molecule is CCOc1ccccc1C(OC)C(=O)N(c1ccccc1)c1nc2c(s1)CCCC2. The van der Waals surface area contributed by atoms with E-state index in [0.717, 1.165) is 30.6 Å². The van der Waals surface area contributed by atoms with Crippen LogP contribution in [-0.2, 0) is 22.4 Å². The molecule has 1 aliphatic carbocycles. The maximum atomic E-state index is 13.9. The summed E-state index contributed by atoms with van der Waals surface area (Å²) in [6.07, 6.45) is 3.54. The normalized spacial score (nSPS) is 14.1. The zero-order valence-corrected chi connectivity index (χ0v) is 18.2. The van der Waals surface area contributed by atoms with Crippen molar-refractivity contribution in [3.05, 3.63) is 70.7 Å². The van der Waals surface area contributed by atoms with Crippen LogP contribution in [-0.4, -0.2) is 24.6 Å². The van der Waals surface area contributed by atoms with Gasteiger partial charge in [0.2, 0.25) is 0 Å². The zero-order chi connectivity index (χ0) is 20.9. The summed E-state index contributed by atoms with van der Waals surface area (Å²) in [5.74, 6) is 0.480. The van der Waals surface area contributed by atoms with Crippen LogP contribution in [0.4, 0.5) is 10.8 Å². The number of thiazole rings is 1. The topological polar surface area (TPSA) is 51.7 Å². The van der Waals surface area contributed by atoms with Crippen LogP contribution in [0, 0.1) is 0 Å². The van der Waals surface area contributed by atoms with Crippen LogP contribution >= 0.6 is 11.3 Å². The highest BCUT2D eigenvalue weighted by Gasteiger charge is 2.32. The summed E-state index contributed by atoms with van der Waals surface area (Å²) < 4.78 is 11.5. The first kappa shape index (κ1) is 20.6. The van der Waals surface area contributed by atoms with E-state index in [1.54, 1.807) is 23.3 Å². The van der Waals surface area contributed by atoms with E-state index < -0.39 is 6.10 Å². The molecular weight excluding hydrogens is 396 g/mol. The van der Waals surface area contributed by atoms with E-state index in [2.05, 4.69) is 0 Å². The summed E-state index contributed by atoms with van der Waals surface area (Å²) >= 11 is 1.61. The maximum Gasteiger partial charge on any atom is 0.267 e. The number of anilines is 2. The maximum absolute atomic E-state index is 13.9. The number of hydrogen-bond acceptors (Lipinski definition) is 5. The summed E-state index contributed by atoms with van der Waals surface area (Å²) in [5, 5.41) is 0.703. The van der Waals surface area contributed by atoms with Gasteiger partial charge < -0.3 is 9.47 Å². The van der Waals surface area contributed by atoms with Gasteiger partial charge in [-0.3, -0.25) is 9.69 Å². The number of hydrogen-bond donors (Lipinski definition) is 0. The first-order chi connectivity index (χ1) is 14.7. The lowest BCUT2D eigenvalue weighted by Crippen LogP contribution is -2.32. The van der Waals surface area contributed by atoms with Crippen LogP contribution in [0.5, 0.6) is 5.75 Å². The summed E-state index contributed by atoms with van der Waals surface area (Å²) in [7, 11) is 1.56. The monoisotopic (exact) mass is 422 g/mol. The Morgan fingerprint density at radius 3 is 2.57 bits per heavy atom. The van der Waals surface area contributed by atoms with Gasteiger partial charge in [0.25, 0.3) is 5.91 Å². The Balaban J connectivity index is 1.77. The molecule has 6 heteroatoms. The number of nitrogens with zero attached hydrogens (tertiary/aromatic N) is 2. The van der Waals surface area contributed by atoms with Gasteiger partial charge >= 0.3 is 0 Å². The molecule has 30 heavy (non-hydrogen) atoms. The second-order valence-corrected chi connectivity index (χ2v) is 8.23. The molecule has 5 nitrogen and oxygen atoms in total. The smallest absolute Gasteiger partial charge is 0.267 e. The van der Waals surface area contributed by atoms with Crippen molar-refractivity contribution in [2.75, 3.05) is 18.6 Å². The van der Waals surface area contributed by atoms with E-state index in [9.17, 15) is 4.79 Å². The number of rotatable bonds is 7. The molecule has 0 saturated carbocycles. The fourth-order valence-electron chi connectivity index (χ4n) is 3.81. The highest BCUT2D eigenvalue weighted by molar-refractivity contribution is 7.16. The van der Waals surface area contributed by atoms with Gasteiger partial charge in [0.15, 0.2) is 11.2 Å². The standard InChI is InChI=1S/C24H26N2O3S/c1-3-29-20-15-9-7-13-18(20)22(28-2)23(27)26(17-11-5-4-6-12-17)24-25-19-14-8-10-16-21(19)30-24/h4-7,9,11-13,15,22H,3,8,10,14,16H2,1-2H3. The van der Waals surface area contributed by atoms with Crippen LogP contribution in [0.1, 0.15) is 42.0 Å². The molecule has 1 unspecified atom stereocenters. The number of methoxy groups -OCH3 is 1. The zero-order valence-electron chi connectivity index (χ0n) is 17.3. The van der Waals surface area contributed by atoms with Crippen molar-refractivity contribution in [3.63, 3.8) is 0 Å². The second kappa shape index (κ2) is 9.41. The quantitative estimate of drug-likeness (QED) is 0.506. The molecule has 1 aliphatic rings. The number of aryl methyl sites for hydroxylation is 2. The molecule has 2 aromatic carbocycles. The van der Waals surface area contributed by atoms with Gasteiger partial charge in [0, 0.05) is 17.6 Å². The predicted molar refractivity (Wildman–Crippen MR) is 120 cm³/mol. The van der Waals surface area contributed by atoms with Crippen LogP contribution < -0.4 is 9.64 Å².